The second kappa shape index (κ2) is 4.39. The minimum Gasteiger partial charge on any atom is -0.371 e. The van der Waals surface area contributed by atoms with Crippen LogP contribution < -0.4 is 5.32 Å². The molecular weight excluding hydrogens is 237 g/mol. The van der Waals surface area contributed by atoms with Gasteiger partial charge in [0.05, 0.1) is 28.3 Å². The topological polar surface area (TPSA) is 41.6 Å². The Labute approximate surface area is 97.3 Å². The molecule has 1 atom stereocenters. The predicted octanol–water partition coefficient (Wildman–Crippen LogP) is 2.12. The molecule has 80 valence electrons. The molecule has 1 saturated heterocycles. The second-order valence-electron chi connectivity index (χ2n) is 3.26. The van der Waals surface area contributed by atoms with Crippen molar-refractivity contribution in [1.29, 1.82) is 0 Å². The molecule has 0 radical (unpaired) electrons. The fourth-order valence-corrected chi connectivity index (χ4v) is 1.76. The van der Waals surface area contributed by atoms with Crippen molar-refractivity contribution in [3.05, 3.63) is 33.8 Å². The molecule has 15 heavy (non-hydrogen) atoms. The maximum Gasteiger partial charge on any atom is 0.254 e. The molecule has 0 spiro atoms. The van der Waals surface area contributed by atoms with Gasteiger partial charge in [-0.3, -0.25) is 4.79 Å². The molecule has 0 aromatic heterocycles. The zero-order valence-corrected chi connectivity index (χ0v) is 9.31. The van der Waals surface area contributed by atoms with Crippen molar-refractivity contribution in [2.24, 2.45) is 0 Å². The van der Waals surface area contributed by atoms with Crippen LogP contribution in [-0.2, 0) is 4.74 Å². The van der Waals surface area contributed by atoms with Crippen LogP contribution in [0.5, 0.6) is 0 Å². The minimum absolute atomic E-state index is 0.148. The van der Waals surface area contributed by atoms with Gasteiger partial charge in [0.2, 0.25) is 0 Å². The summed E-state index contributed by atoms with van der Waals surface area (Å²) in [6.45, 7) is 1.21. The van der Waals surface area contributed by atoms with Crippen molar-refractivity contribution >= 4 is 29.1 Å². The summed E-state index contributed by atoms with van der Waals surface area (Å²) in [4.78, 5) is 11.7. The van der Waals surface area contributed by atoms with E-state index in [1.807, 2.05) is 0 Å². The average molecular weight is 246 g/mol. The molecule has 0 bridgehead atoms. The van der Waals surface area contributed by atoms with E-state index in [0.29, 0.717) is 28.8 Å². The number of carbonyl (C=O) groups excluding carboxylic acids is 1. The van der Waals surface area contributed by atoms with Crippen LogP contribution in [0, 0.1) is 0 Å². The number of halogens is 2. The van der Waals surface area contributed by atoms with Crippen LogP contribution in [0.15, 0.2) is 18.2 Å². The van der Waals surface area contributed by atoms with E-state index in [4.69, 9.17) is 27.9 Å². The van der Waals surface area contributed by atoms with Crippen molar-refractivity contribution in [2.75, 3.05) is 13.2 Å². The van der Waals surface area contributed by atoms with Gasteiger partial charge in [0.1, 0.15) is 0 Å². The third-order valence-corrected chi connectivity index (χ3v) is 2.71. The summed E-state index contributed by atoms with van der Waals surface area (Å²) in [5, 5.41) is 3.43. The van der Waals surface area contributed by atoms with Crippen molar-refractivity contribution in [3.8, 4) is 0 Å². The van der Waals surface area contributed by atoms with E-state index in [-0.39, 0.29) is 12.0 Å². The lowest BCUT2D eigenvalue weighted by atomic mass is 10.2. The maximum atomic E-state index is 11.7. The molecule has 1 fully saturated rings. The van der Waals surface area contributed by atoms with Crippen molar-refractivity contribution < 1.29 is 9.53 Å². The van der Waals surface area contributed by atoms with Gasteiger partial charge in [-0.2, -0.15) is 0 Å². The third kappa shape index (κ3) is 2.62. The fourth-order valence-electron chi connectivity index (χ4n) is 1.20. The monoisotopic (exact) mass is 245 g/mol. The van der Waals surface area contributed by atoms with Gasteiger partial charge < -0.3 is 10.1 Å². The van der Waals surface area contributed by atoms with Gasteiger partial charge in [0.15, 0.2) is 0 Å². The molecule has 2 rings (SSSR count). The quantitative estimate of drug-likeness (QED) is 0.830. The molecule has 1 N–H and O–H groups in total. The van der Waals surface area contributed by atoms with Crippen molar-refractivity contribution in [3.63, 3.8) is 0 Å². The Balaban J connectivity index is 2.09. The Bertz CT molecular complexity index is 371. The normalized spacial score (nSPS) is 18.7. The Hall–Kier alpha value is -0.770. The van der Waals surface area contributed by atoms with E-state index in [1.54, 1.807) is 18.2 Å². The summed E-state index contributed by atoms with van der Waals surface area (Å²) in [5.41, 5.74) is 0.321. The number of hydrogen-bond donors (Lipinski definition) is 1. The molecule has 1 heterocycles. The molecular formula is C10H9Cl2NO2. The van der Waals surface area contributed by atoms with Crippen LogP contribution in [0.3, 0.4) is 0 Å². The largest absolute Gasteiger partial charge is 0.371 e. The Morgan fingerprint density at radius 2 is 2.07 bits per heavy atom. The molecule has 3 nitrogen and oxygen atoms in total. The number of benzene rings is 1. The smallest absolute Gasteiger partial charge is 0.254 e. The van der Waals surface area contributed by atoms with E-state index < -0.39 is 0 Å². The number of hydrogen-bond acceptors (Lipinski definition) is 2. The Kier molecular flexibility index (Phi) is 3.14. The summed E-state index contributed by atoms with van der Waals surface area (Å²) in [7, 11) is 0. The number of nitrogens with one attached hydrogen (secondary N) is 1. The summed E-state index contributed by atoms with van der Waals surface area (Å²) in [6.07, 6.45) is 0.148. The zero-order valence-electron chi connectivity index (χ0n) is 7.80. The molecule has 0 saturated carbocycles. The highest BCUT2D eigenvalue weighted by Crippen LogP contribution is 2.24. The molecule has 1 aliphatic heterocycles. The molecule has 1 amide bonds. The Morgan fingerprint density at radius 3 is 2.60 bits per heavy atom. The van der Waals surface area contributed by atoms with Crippen LogP contribution >= 0.6 is 23.2 Å². The summed E-state index contributed by atoms with van der Waals surface area (Å²) >= 11 is 11.8. The molecule has 1 aromatic carbocycles. The third-order valence-electron chi connectivity index (χ3n) is 2.08. The van der Waals surface area contributed by atoms with E-state index in [1.165, 1.54) is 0 Å². The van der Waals surface area contributed by atoms with E-state index in [2.05, 4.69) is 5.32 Å². The second-order valence-corrected chi connectivity index (χ2v) is 4.08. The van der Waals surface area contributed by atoms with E-state index >= 15 is 0 Å². The number of epoxide rings is 1. The number of rotatable bonds is 3. The van der Waals surface area contributed by atoms with Crippen LogP contribution in [0.4, 0.5) is 0 Å². The number of amides is 1. The molecule has 0 aliphatic carbocycles. The van der Waals surface area contributed by atoms with Gasteiger partial charge in [-0.15, -0.1) is 0 Å². The average Bonchev–Trinajstić information content (AvgIpc) is 2.97. The van der Waals surface area contributed by atoms with Crippen molar-refractivity contribution in [1.82, 2.24) is 5.32 Å². The van der Waals surface area contributed by atoms with Gasteiger partial charge in [0, 0.05) is 6.54 Å². The lowest BCUT2D eigenvalue weighted by Crippen LogP contribution is -2.27. The SMILES string of the molecule is O=C(NC[C@H]1CO1)c1c(Cl)cccc1Cl. The predicted molar refractivity (Wildman–Crippen MR) is 58.5 cm³/mol. The highest BCUT2D eigenvalue weighted by atomic mass is 35.5. The standard InChI is InChI=1S/C10H9Cl2NO2/c11-7-2-1-3-8(12)9(7)10(14)13-4-6-5-15-6/h1-3,6H,4-5H2,(H,13,14)/t6-/m0/s1. The first kappa shape index (κ1) is 10.7. The van der Waals surface area contributed by atoms with Gasteiger partial charge in [-0.1, -0.05) is 29.3 Å². The number of carbonyl (C=O) groups is 1. The lowest BCUT2D eigenvalue weighted by molar-refractivity contribution is 0.0950. The zero-order chi connectivity index (χ0) is 10.8. The summed E-state index contributed by atoms with van der Waals surface area (Å²) in [6, 6.07) is 4.97. The van der Waals surface area contributed by atoms with E-state index in [0.717, 1.165) is 0 Å². The highest BCUT2D eigenvalue weighted by molar-refractivity contribution is 6.39. The highest BCUT2D eigenvalue weighted by Gasteiger charge is 2.24. The van der Waals surface area contributed by atoms with Gasteiger partial charge in [-0.05, 0) is 12.1 Å². The van der Waals surface area contributed by atoms with Crippen LogP contribution in [0.2, 0.25) is 10.0 Å². The summed E-state index contributed by atoms with van der Waals surface area (Å²) in [5.74, 6) is -0.263. The number of ether oxygens (including phenoxy) is 1. The summed E-state index contributed by atoms with van der Waals surface area (Å²) < 4.78 is 4.97. The molecule has 1 aromatic rings. The lowest BCUT2D eigenvalue weighted by Gasteiger charge is -2.06. The molecule has 1 aliphatic rings. The first-order valence-corrected chi connectivity index (χ1v) is 5.28. The van der Waals surface area contributed by atoms with Crippen molar-refractivity contribution in [2.45, 2.75) is 6.10 Å². The molecule has 0 unspecified atom stereocenters. The van der Waals surface area contributed by atoms with E-state index in [9.17, 15) is 4.79 Å². The van der Waals surface area contributed by atoms with Crippen LogP contribution in [0.1, 0.15) is 10.4 Å². The minimum atomic E-state index is -0.263. The van der Waals surface area contributed by atoms with Crippen LogP contribution in [0.25, 0.3) is 0 Å². The fraction of sp³-hybridized carbons (Fsp3) is 0.300. The van der Waals surface area contributed by atoms with Gasteiger partial charge in [0.25, 0.3) is 5.91 Å². The first-order valence-electron chi connectivity index (χ1n) is 4.52. The first-order chi connectivity index (χ1) is 7.18. The molecule has 5 heteroatoms. The van der Waals surface area contributed by atoms with Gasteiger partial charge >= 0.3 is 0 Å². The maximum absolute atomic E-state index is 11.7. The van der Waals surface area contributed by atoms with Gasteiger partial charge in [-0.25, -0.2) is 0 Å². The van der Waals surface area contributed by atoms with Crippen LogP contribution in [-0.4, -0.2) is 25.2 Å². The Morgan fingerprint density at radius 1 is 1.47 bits per heavy atom.